The fourth-order valence-electron chi connectivity index (χ4n) is 3.75. The topological polar surface area (TPSA) is 59.6 Å². The summed E-state index contributed by atoms with van der Waals surface area (Å²) in [5, 5.41) is 6.78. The monoisotopic (exact) mass is 320 g/mol. The summed E-state index contributed by atoms with van der Waals surface area (Å²) in [4.78, 5) is 12.7. The predicted octanol–water partition coefficient (Wildman–Crippen LogP) is 2.74. The highest BCUT2D eigenvalue weighted by Gasteiger charge is 2.38. The number of para-hydroxylation sites is 1. The molecule has 2 rings (SSSR count). The number of methoxy groups -OCH3 is 2. The number of hydrogen-bond donors (Lipinski definition) is 2. The zero-order chi connectivity index (χ0) is 17.3. The second-order valence-electron chi connectivity index (χ2n) is 7.51. The van der Waals surface area contributed by atoms with Crippen molar-refractivity contribution in [2.75, 3.05) is 14.2 Å². The van der Waals surface area contributed by atoms with E-state index in [4.69, 9.17) is 9.47 Å². The van der Waals surface area contributed by atoms with Gasteiger partial charge in [-0.15, -0.1) is 0 Å². The Hall–Kier alpha value is -1.75. The van der Waals surface area contributed by atoms with Crippen molar-refractivity contribution in [3.05, 3.63) is 23.8 Å². The van der Waals surface area contributed by atoms with Crippen molar-refractivity contribution >= 4 is 5.91 Å². The molecule has 0 spiro atoms. The SMILES string of the molecule is COc1cccc(C(=O)NC2CC(C)(C)NC(C)(C)C2)c1OC. The predicted molar refractivity (Wildman–Crippen MR) is 91.3 cm³/mol. The molecule has 1 fully saturated rings. The van der Waals surface area contributed by atoms with Gasteiger partial charge < -0.3 is 20.1 Å². The molecule has 0 unspecified atom stereocenters. The van der Waals surface area contributed by atoms with Crippen LogP contribution in [0.4, 0.5) is 0 Å². The second kappa shape index (κ2) is 6.40. The number of rotatable bonds is 4. The van der Waals surface area contributed by atoms with Crippen molar-refractivity contribution in [3.8, 4) is 11.5 Å². The first kappa shape index (κ1) is 17.6. The van der Waals surface area contributed by atoms with Crippen LogP contribution in [-0.2, 0) is 0 Å². The molecule has 5 heteroatoms. The Morgan fingerprint density at radius 2 is 1.74 bits per heavy atom. The van der Waals surface area contributed by atoms with Crippen molar-refractivity contribution < 1.29 is 14.3 Å². The lowest BCUT2D eigenvalue weighted by Gasteiger charge is -2.46. The average molecular weight is 320 g/mol. The van der Waals surface area contributed by atoms with E-state index in [1.165, 1.54) is 0 Å². The molecule has 1 aliphatic heterocycles. The number of ether oxygens (including phenoxy) is 2. The third-order valence-electron chi connectivity index (χ3n) is 4.17. The molecule has 0 aliphatic carbocycles. The Bertz CT molecular complexity index is 566. The summed E-state index contributed by atoms with van der Waals surface area (Å²) in [5.74, 6) is 0.908. The molecular weight excluding hydrogens is 292 g/mol. The first-order chi connectivity index (χ1) is 10.7. The van der Waals surface area contributed by atoms with E-state index >= 15 is 0 Å². The van der Waals surface area contributed by atoms with E-state index in [0.717, 1.165) is 12.8 Å². The second-order valence-corrected chi connectivity index (χ2v) is 7.51. The van der Waals surface area contributed by atoms with Crippen molar-refractivity contribution in [1.29, 1.82) is 0 Å². The van der Waals surface area contributed by atoms with Crippen molar-refractivity contribution in [2.45, 2.75) is 57.7 Å². The molecule has 1 aromatic rings. The summed E-state index contributed by atoms with van der Waals surface area (Å²) in [6.07, 6.45) is 1.77. The van der Waals surface area contributed by atoms with Gasteiger partial charge in [0.1, 0.15) is 0 Å². The summed E-state index contributed by atoms with van der Waals surface area (Å²) in [6.45, 7) is 8.66. The van der Waals surface area contributed by atoms with Crippen LogP contribution in [0.5, 0.6) is 11.5 Å². The molecule has 0 radical (unpaired) electrons. The molecule has 1 aromatic carbocycles. The summed E-state index contributed by atoms with van der Waals surface area (Å²) < 4.78 is 10.6. The first-order valence-corrected chi connectivity index (χ1v) is 7.99. The van der Waals surface area contributed by atoms with E-state index < -0.39 is 0 Å². The lowest BCUT2D eigenvalue weighted by molar-refractivity contribution is 0.0869. The number of amides is 1. The Labute approximate surface area is 138 Å². The van der Waals surface area contributed by atoms with E-state index in [2.05, 4.69) is 38.3 Å². The van der Waals surface area contributed by atoms with E-state index in [9.17, 15) is 4.79 Å². The molecular formula is C18H28N2O3. The van der Waals surface area contributed by atoms with Gasteiger partial charge >= 0.3 is 0 Å². The minimum Gasteiger partial charge on any atom is -0.493 e. The van der Waals surface area contributed by atoms with E-state index in [1.807, 2.05) is 0 Å². The number of carbonyl (C=O) groups is 1. The molecule has 0 bridgehead atoms. The Morgan fingerprint density at radius 3 is 2.26 bits per heavy atom. The Balaban J connectivity index is 2.19. The number of benzene rings is 1. The normalized spacial score (nSPS) is 19.9. The van der Waals surface area contributed by atoms with Crippen LogP contribution in [0.1, 0.15) is 50.9 Å². The molecule has 1 heterocycles. The van der Waals surface area contributed by atoms with Gasteiger partial charge in [0.25, 0.3) is 5.91 Å². The molecule has 128 valence electrons. The summed E-state index contributed by atoms with van der Waals surface area (Å²) >= 11 is 0. The fraction of sp³-hybridized carbons (Fsp3) is 0.611. The third-order valence-corrected chi connectivity index (χ3v) is 4.17. The maximum absolute atomic E-state index is 12.7. The molecule has 1 saturated heterocycles. The van der Waals surface area contributed by atoms with Gasteiger partial charge in [0.05, 0.1) is 19.8 Å². The zero-order valence-electron chi connectivity index (χ0n) is 14.9. The third kappa shape index (κ3) is 4.16. The van der Waals surface area contributed by atoms with E-state index in [-0.39, 0.29) is 23.0 Å². The molecule has 2 N–H and O–H groups in total. The lowest BCUT2D eigenvalue weighted by Crippen LogP contribution is -2.62. The summed E-state index contributed by atoms with van der Waals surface area (Å²) in [6, 6.07) is 5.46. The van der Waals surface area contributed by atoms with Crippen LogP contribution >= 0.6 is 0 Å². The van der Waals surface area contributed by atoms with Gasteiger partial charge in [-0.25, -0.2) is 0 Å². The molecule has 23 heavy (non-hydrogen) atoms. The van der Waals surface area contributed by atoms with E-state index in [1.54, 1.807) is 32.4 Å². The minimum absolute atomic E-state index is 0.0157. The summed E-state index contributed by atoms with van der Waals surface area (Å²) in [7, 11) is 3.11. The smallest absolute Gasteiger partial charge is 0.255 e. The Morgan fingerprint density at radius 1 is 1.13 bits per heavy atom. The highest BCUT2D eigenvalue weighted by molar-refractivity contribution is 5.98. The quantitative estimate of drug-likeness (QED) is 0.895. The van der Waals surface area contributed by atoms with Gasteiger partial charge in [-0.2, -0.15) is 0 Å². The van der Waals surface area contributed by atoms with Crippen LogP contribution in [0.3, 0.4) is 0 Å². The molecule has 1 aliphatic rings. The van der Waals surface area contributed by atoms with Crippen molar-refractivity contribution in [2.24, 2.45) is 0 Å². The highest BCUT2D eigenvalue weighted by atomic mass is 16.5. The zero-order valence-corrected chi connectivity index (χ0v) is 14.9. The highest BCUT2D eigenvalue weighted by Crippen LogP contribution is 2.32. The van der Waals surface area contributed by atoms with Gasteiger partial charge in [0.15, 0.2) is 11.5 Å². The van der Waals surface area contributed by atoms with E-state index in [0.29, 0.717) is 17.1 Å². The summed E-state index contributed by atoms with van der Waals surface area (Å²) in [5.41, 5.74) is 0.469. The van der Waals surface area contributed by atoms with Crippen LogP contribution in [-0.4, -0.2) is 37.2 Å². The fourth-order valence-corrected chi connectivity index (χ4v) is 3.75. The van der Waals surface area contributed by atoms with Crippen LogP contribution in [0.15, 0.2) is 18.2 Å². The number of piperidine rings is 1. The molecule has 0 atom stereocenters. The van der Waals surface area contributed by atoms with Crippen LogP contribution < -0.4 is 20.1 Å². The van der Waals surface area contributed by atoms with Gasteiger partial charge in [-0.1, -0.05) is 6.07 Å². The van der Waals surface area contributed by atoms with Crippen molar-refractivity contribution in [1.82, 2.24) is 10.6 Å². The molecule has 1 amide bonds. The largest absolute Gasteiger partial charge is 0.493 e. The first-order valence-electron chi connectivity index (χ1n) is 7.99. The Kier molecular flexibility index (Phi) is 4.90. The maximum atomic E-state index is 12.7. The van der Waals surface area contributed by atoms with Crippen LogP contribution in [0, 0.1) is 0 Å². The maximum Gasteiger partial charge on any atom is 0.255 e. The molecule has 5 nitrogen and oxygen atoms in total. The standard InChI is InChI=1S/C18H28N2O3/c1-17(2)10-12(11-18(3,4)20-17)19-16(21)13-8-7-9-14(22-5)15(13)23-6/h7-9,12,20H,10-11H2,1-6H3,(H,19,21). The number of nitrogens with one attached hydrogen (secondary N) is 2. The van der Waals surface area contributed by atoms with Crippen LogP contribution in [0.2, 0.25) is 0 Å². The lowest BCUT2D eigenvalue weighted by atomic mass is 9.79. The van der Waals surface area contributed by atoms with Gasteiger partial charge in [0.2, 0.25) is 0 Å². The minimum atomic E-state index is -0.126. The van der Waals surface area contributed by atoms with Crippen molar-refractivity contribution in [3.63, 3.8) is 0 Å². The van der Waals surface area contributed by atoms with Gasteiger partial charge in [-0.3, -0.25) is 4.79 Å². The van der Waals surface area contributed by atoms with Gasteiger partial charge in [-0.05, 0) is 52.7 Å². The van der Waals surface area contributed by atoms with Gasteiger partial charge in [0, 0.05) is 17.1 Å². The molecule has 0 aromatic heterocycles. The number of carbonyl (C=O) groups excluding carboxylic acids is 1. The average Bonchev–Trinajstić information content (AvgIpc) is 2.42. The molecule has 0 saturated carbocycles. The van der Waals surface area contributed by atoms with Crippen LogP contribution in [0.25, 0.3) is 0 Å². The number of hydrogen-bond acceptors (Lipinski definition) is 4.